The Labute approximate surface area is 66.5 Å². The minimum atomic E-state index is 0.727. The number of hydrogen-bond acceptors (Lipinski definition) is 2. The van der Waals surface area contributed by atoms with Crippen LogP contribution in [0.25, 0.3) is 0 Å². The Hall–Kier alpha value is -1.05. The van der Waals surface area contributed by atoms with Crippen molar-refractivity contribution < 1.29 is 9.53 Å². The Morgan fingerprint density at radius 3 is 2.36 bits per heavy atom. The van der Waals surface area contributed by atoms with Gasteiger partial charge in [0.2, 0.25) is 0 Å². The summed E-state index contributed by atoms with van der Waals surface area (Å²) >= 11 is 0. The predicted octanol–water partition coefficient (Wildman–Crippen LogP) is 1.83. The Balaban J connectivity index is 3.03. The molecule has 0 spiro atoms. The summed E-state index contributed by atoms with van der Waals surface area (Å²) in [6.45, 7) is 3.94. The molecule has 11 heavy (non-hydrogen) atoms. The van der Waals surface area contributed by atoms with Gasteiger partial charge in [-0.3, -0.25) is 4.79 Å². The third-order valence-corrected chi connectivity index (χ3v) is 1.94. The molecule has 0 aromatic rings. The van der Waals surface area contributed by atoms with Crippen molar-refractivity contribution in [1.29, 1.82) is 0 Å². The average molecular weight is 152 g/mol. The van der Waals surface area contributed by atoms with Crippen LogP contribution in [0.5, 0.6) is 0 Å². The topological polar surface area (TPSA) is 26.3 Å². The standard InChI is InChI=1S/C9H12O2/c1-6-4-7(2)9(11-3)8(6)5-10/h5H,4H2,1-3H3. The summed E-state index contributed by atoms with van der Waals surface area (Å²) in [5, 5.41) is 0. The van der Waals surface area contributed by atoms with Gasteiger partial charge in [-0.25, -0.2) is 0 Å². The lowest BCUT2D eigenvalue weighted by molar-refractivity contribution is -0.105. The highest BCUT2D eigenvalue weighted by atomic mass is 16.5. The molecule has 0 saturated carbocycles. The first kappa shape index (κ1) is 8.05. The first-order chi connectivity index (χ1) is 5.20. The summed E-state index contributed by atoms with van der Waals surface area (Å²) in [5.74, 6) is 0.762. The molecule has 1 rings (SSSR count). The lowest BCUT2D eigenvalue weighted by Crippen LogP contribution is -1.92. The predicted molar refractivity (Wildman–Crippen MR) is 43.1 cm³/mol. The van der Waals surface area contributed by atoms with E-state index >= 15 is 0 Å². The van der Waals surface area contributed by atoms with Crippen LogP contribution < -0.4 is 0 Å². The highest BCUT2D eigenvalue weighted by Gasteiger charge is 2.18. The molecular weight excluding hydrogens is 140 g/mol. The minimum Gasteiger partial charge on any atom is -0.496 e. The highest BCUT2D eigenvalue weighted by Crippen LogP contribution is 2.30. The molecule has 1 aliphatic carbocycles. The molecule has 0 saturated heterocycles. The number of carbonyl (C=O) groups is 1. The molecule has 0 aromatic carbocycles. The van der Waals surface area contributed by atoms with Crippen LogP contribution in [-0.2, 0) is 9.53 Å². The van der Waals surface area contributed by atoms with Gasteiger partial charge < -0.3 is 4.74 Å². The van der Waals surface area contributed by atoms with Crippen molar-refractivity contribution in [3.05, 3.63) is 22.5 Å². The zero-order valence-electron chi connectivity index (χ0n) is 7.10. The van der Waals surface area contributed by atoms with Gasteiger partial charge in [-0.2, -0.15) is 0 Å². The van der Waals surface area contributed by atoms with Gasteiger partial charge in [-0.15, -0.1) is 0 Å². The molecule has 0 radical (unpaired) electrons. The third-order valence-electron chi connectivity index (χ3n) is 1.94. The van der Waals surface area contributed by atoms with Crippen LogP contribution in [0.2, 0.25) is 0 Å². The molecule has 2 nitrogen and oxygen atoms in total. The Morgan fingerprint density at radius 1 is 1.36 bits per heavy atom. The van der Waals surface area contributed by atoms with Crippen LogP contribution >= 0.6 is 0 Å². The monoisotopic (exact) mass is 152 g/mol. The van der Waals surface area contributed by atoms with Gasteiger partial charge in [0, 0.05) is 0 Å². The second-order valence-corrected chi connectivity index (χ2v) is 2.80. The Bertz CT molecular complexity index is 246. The number of methoxy groups -OCH3 is 1. The molecule has 60 valence electrons. The van der Waals surface area contributed by atoms with Gasteiger partial charge >= 0.3 is 0 Å². The normalized spacial score (nSPS) is 17.7. The summed E-state index contributed by atoms with van der Waals surface area (Å²) in [4.78, 5) is 10.6. The van der Waals surface area contributed by atoms with Gasteiger partial charge in [-0.05, 0) is 25.8 Å². The number of aldehydes is 1. The maximum absolute atomic E-state index is 10.6. The van der Waals surface area contributed by atoms with E-state index in [2.05, 4.69) is 0 Å². The fourth-order valence-electron chi connectivity index (χ4n) is 1.44. The van der Waals surface area contributed by atoms with Crippen molar-refractivity contribution in [2.75, 3.05) is 7.11 Å². The van der Waals surface area contributed by atoms with Crippen LogP contribution in [0.3, 0.4) is 0 Å². The van der Waals surface area contributed by atoms with Gasteiger partial charge in [0.05, 0.1) is 12.7 Å². The molecule has 0 N–H and O–H groups in total. The zero-order chi connectivity index (χ0) is 8.43. The van der Waals surface area contributed by atoms with Crippen LogP contribution in [0.15, 0.2) is 22.5 Å². The summed E-state index contributed by atoms with van der Waals surface area (Å²) in [6, 6.07) is 0. The van der Waals surface area contributed by atoms with E-state index in [0.717, 1.165) is 35.2 Å². The second kappa shape index (κ2) is 2.91. The number of hydrogen-bond donors (Lipinski definition) is 0. The van der Waals surface area contributed by atoms with Crippen molar-refractivity contribution in [3.8, 4) is 0 Å². The SMILES string of the molecule is COC1=C(C)CC(C)=C1C=O. The van der Waals surface area contributed by atoms with Crippen LogP contribution in [0, 0.1) is 0 Å². The molecule has 0 amide bonds. The number of ether oxygens (including phenoxy) is 1. The lowest BCUT2D eigenvalue weighted by Gasteiger charge is -2.01. The van der Waals surface area contributed by atoms with Crippen molar-refractivity contribution >= 4 is 6.29 Å². The van der Waals surface area contributed by atoms with E-state index in [0.29, 0.717) is 0 Å². The number of carbonyl (C=O) groups excluding carboxylic acids is 1. The molecule has 0 bridgehead atoms. The van der Waals surface area contributed by atoms with Crippen molar-refractivity contribution in [1.82, 2.24) is 0 Å². The fraction of sp³-hybridized carbons (Fsp3) is 0.444. The summed E-state index contributed by atoms with van der Waals surface area (Å²) in [6.07, 6.45) is 1.74. The first-order valence-electron chi connectivity index (χ1n) is 3.59. The van der Waals surface area contributed by atoms with Crippen LogP contribution in [0.4, 0.5) is 0 Å². The fourth-order valence-corrected chi connectivity index (χ4v) is 1.44. The molecule has 0 aliphatic heterocycles. The molecule has 0 aromatic heterocycles. The third kappa shape index (κ3) is 1.20. The summed E-state index contributed by atoms with van der Waals surface area (Å²) < 4.78 is 5.09. The van der Waals surface area contributed by atoms with Crippen molar-refractivity contribution in [2.24, 2.45) is 0 Å². The van der Waals surface area contributed by atoms with Gasteiger partial charge in [-0.1, -0.05) is 5.57 Å². The number of rotatable bonds is 2. The molecular formula is C9H12O2. The van der Waals surface area contributed by atoms with Crippen molar-refractivity contribution in [3.63, 3.8) is 0 Å². The van der Waals surface area contributed by atoms with Gasteiger partial charge in [0.25, 0.3) is 0 Å². The maximum atomic E-state index is 10.6. The van der Waals surface area contributed by atoms with E-state index in [9.17, 15) is 4.79 Å². The minimum absolute atomic E-state index is 0.727. The summed E-state index contributed by atoms with van der Waals surface area (Å²) in [5.41, 5.74) is 2.98. The molecule has 0 heterocycles. The Morgan fingerprint density at radius 2 is 2.00 bits per heavy atom. The average Bonchev–Trinajstić information content (AvgIpc) is 2.24. The molecule has 0 fully saturated rings. The van der Waals surface area contributed by atoms with Crippen LogP contribution in [0.1, 0.15) is 20.3 Å². The zero-order valence-corrected chi connectivity index (χ0v) is 7.10. The second-order valence-electron chi connectivity index (χ2n) is 2.80. The maximum Gasteiger partial charge on any atom is 0.153 e. The highest BCUT2D eigenvalue weighted by molar-refractivity contribution is 5.82. The lowest BCUT2D eigenvalue weighted by atomic mass is 10.2. The van der Waals surface area contributed by atoms with Gasteiger partial charge in [0.15, 0.2) is 6.29 Å². The molecule has 0 atom stereocenters. The molecule has 2 heteroatoms. The van der Waals surface area contributed by atoms with E-state index in [4.69, 9.17) is 4.74 Å². The molecule has 0 unspecified atom stereocenters. The quantitative estimate of drug-likeness (QED) is 0.564. The molecule has 1 aliphatic rings. The summed E-state index contributed by atoms with van der Waals surface area (Å²) in [7, 11) is 1.60. The largest absolute Gasteiger partial charge is 0.496 e. The van der Waals surface area contributed by atoms with E-state index in [1.54, 1.807) is 7.11 Å². The first-order valence-corrected chi connectivity index (χ1v) is 3.59. The van der Waals surface area contributed by atoms with Gasteiger partial charge in [0.1, 0.15) is 5.76 Å². The van der Waals surface area contributed by atoms with Crippen molar-refractivity contribution in [2.45, 2.75) is 20.3 Å². The Kier molecular flexibility index (Phi) is 2.13. The smallest absolute Gasteiger partial charge is 0.153 e. The van der Waals surface area contributed by atoms with E-state index < -0.39 is 0 Å². The van der Waals surface area contributed by atoms with E-state index in [1.807, 2.05) is 13.8 Å². The van der Waals surface area contributed by atoms with Crippen LogP contribution in [-0.4, -0.2) is 13.4 Å². The van der Waals surface area contributed by atoms with E-state index in [-0.39, 0.29) is 0 Å². The number of allylic oxidation sites excluding steroid dienone is 3. The van der Waals surface area contributed by atoms with E-state index in [1.165, 1.54) is 0 Å².